The lowest BCUT2D eigenvalue weighted by Crippen LogP contribution is -2.30. The van der Waals surface area contributed by atoms with Crippen molar-refractivity contribution in [3.05, 3.63) is 0 Å². The first-order valence-electron chi connectivity index (χ1n) is 24.8. The fourth-order valence-corrected chi connectivity index (χ4v) is 7.43. The average Bonchev–Trinajstić information content (AvgIpc) is 3.18. The Morgan fingerprint density at radius 3 is 1.02 bits per heavy atom. The summed E-state index contributed by atoms with van der Waals surface area (Å²) in [6.07, 6.45) is 42.4. The third kappa shape index (κ3) is 42.0. The second-order valence-electron chi connectivity index (χ2n) is 17.8. The van der Waals surface area contributed by atoms with E-state index in [2.05, 4.69) is 34.6 Å². The molecule has 0 aromatic carbocycles. The van der Waals surface area contributed by atoms with E-state index in [9.17, 15) is 14.4 Å². The van der Waals surface area contributed by atoms with Gasteiger partial charge in [0.15, 0.2) is 6.10 Å². The zero-order chi connectivity index (χ0) is 41.2. The van der Waals surface area contributed by atoms with Gasteiger partial charge in [-0.05, 0) is 31.1 Å². The number of hydrogen-bond acceptors (Lipinski definition) is 6. The SMILES string of the molecule is CCCCCCCCCCCCCCCCCCCC(=O)OC[C@@H](COC(=O)CCCCCCCCC(C)C)OC(=O)CCCCCCCCCCC(C)CC. The van der Waals surface area contributed by atoms with E-state index in [1.165, 1.54) is 161 Å². The predicted molar refractivity (Wildman–Crippen MR) is 238 cm³/mol. The van der Waals surface area contributed by atoms with E-state index in [0.29, 0.717) is 19.3 Å². The molecule has 2 atom stereocenters. The molecule has 6 nitrogen and oxygen atoms in total. The fourth-order valence-electron chi connectivity index (χ4n) is 7.43. The number of esters is 3. The van der Waals surface area contributed by atoms with Gasteiger partial charge >= 0.3 is 17.9 Å². The molecule has 1 unspecified atom stereocenters. The molecule has 0 heterocycles. The van der Waals surface area contributed by atoms with Gasteiger partial charge in [0.2, 0.25) is 0 Å². The van der Waals surface area contributed by atoms with Crippen molar-refractivity contribution in [2.75, 3.05) is 13.2 Å². The zero-order valence-electron chi connectivity index (χ0n) is 38.3. The Morgan fingerprint density at radius 2 is 0.679 bits per heavy atom. The second kappa shape index (κ2) is 43.0. The van der Waals surface area contributed by atoms with Crippen molar-refractivity contribution in [3.63, 3.8) is 0 Å². The molecule has 0 saturated carbocycles. The van der Waals surface area contributed by atoms with E-state index in [1.54, 1.807) is 0 Å². The highest BCUT2D eigenvalue weighted by Gasteiger charge is 2.19. The third-order valence-corrected chi connectivity index (χ3v) is 11.6. The Morgan fingerprint density at radius 1 is 0.375 bits per heavy atom. The van der Waals surface area contributed by atoms with Crippen LogP contribution in [0, 0.1) is 11.8 Å². The quantitative estimate of drug-likeness (QED) is 0.0347. The molecule has 0 N–H and O–H groups in total. The van der Waals surface area contributed by atoms with E-state index in [-0.39, 0.29) is 31.1 Å². The van der Waals surface area contributed by atoms with Gasteiger partial charge in [-0.25, -0.2) is 0 Å². The summed E-state index contributed by atoms with van der Waals surface area (Å²) in [5.74, 6) is 0.750. The number of carbonyl (C=O) groups is 3. The van der Waals surface area contributed by atoms with E-state index < -0.39 is 6.10 Å². The molecule has 0 aliphatic rings. The van der Waals surface area contributed by atoms with Crippen molar-refractivity contribution in [3.8, 4) is 0 Å². The summed E-state index contributed by atoms with van der Waals surface area (Å²) in [5, 5.41) is 0. The van der Waals surface area contributed by atoms with Crippen molar-refractivity contribution in [1.29, 1.82) is 0 Å². The Hall–Kier alpha value is -1.59. The van der Waals surface area contributed by atoms with Crippen LogP contribution in [0.3, 0.4) is 0 Å². The maximum atomic E-state index is 12.7. The minimum Gasteiger partial charge on any atom is -0.462 e. The van der Waals surface area contributed by atoms with Crippen LogP contribution in [0.15, 0.2) is 0 Å². The predicted octanol–water partition coefficient (Wildman–Crippen LogP) is 15.8. The van der Waals surface area contributed by atoms with Gasteiger partial charge in [0.05, 0.1) is 0 Å². The average molecular weight is 793 g/mol. The molecule has 332 valence electrons. The number of carbonyl (C=O) groups excluding carboxylic acids is 3. The van der Waals surface area contributed by atoms with Crippen molar-refractivity contribution < 1.29 is 28.6 Å². The topological polar surface area (TPSA) is 78.9 Å². The molecule has 0 aromatic heterocycles. The largest absolute Gasteiger partial charge is 0.462 e. The van der Waals surface area contributed by atoms with E-state index >= 15 is 0 Å². The summed E-state index contributed by atoms with van der Waals surface area (Å²) in [6.45, 7) is 11.3. The van der Waals surface area contributed by atoms with Crippen molar-refractivity contribution in [2.24, 2.45) is 11.8 Å². The highest BCUT2D eigenvalue weighted by atomic mass is 16.6. The van der Waals surface area contributed by atoms with Crippen LogP contribution >= 0.6 is 0 Å². The zero-order valence-corrected chi connectivity index (χ0v) is 38.3. The van der Waals surface area contributed by atoms with Gasteiger partial charge in [0, 0.05) is 19.3 Å². The Bertz CT molecular complexity index is 856. The maximum Gasteiger partial charge on any atom is 0.306 e. The van der Waals surface area contributed by atoms with Crippen LogP contribution in [0.2, 0.25) is 0 Å². The van der Waals surface area contributed by atoms with Crippen LogP contribution in [0.4, 0.5) is 0 Å². The van der Waals surface area contributed by atoms with Crippen molar-refractivity contribution in [2.45, 2.75) is 278 Å². The summed E-state index contributed by atoms with van der Waals surface area (Å²) in [4.78, 5) is 37.8. The standard InChI is InChI=1S/C50H96O6/c1-6-8-9-10-11-12-13-14-15-16-17-18-19-20-24-30-35-40-48(51)54-43-47(44-55-49(52)41-36-31-27-26-28-33-38-45(3)4)56-50(53)42-37-32-25-22-21-23-29-34-39-46(5)7-2/h45-47H,6-44H2,1-5H3/t46?,47-/m0/s1. The van der Waals surface area contributed by atoms with Crippen LogP contribution in [0.5, 0.6) is 0 Å². The van der Waals surface area contributed by atoms with Crippen molar-refractivity contribution >= 4 is 17.9 Å². The number of ether oxygens (including phenoxy) is 3. The first-order valence-corrected chi connectivity index (χ1v) is 24.8. The monoisotopic (exact) mass is 793 g/mol. The number of hydrogen-bond donors (Lipinski definition) is 0. The molecule has 0 radical (unpaired) electrons. The lowest BCUT2D eigenvalue weighted by Gasteiger charge is -2.18. The first-order chi connectivity index (χ1) is 27.3. The molecule has 0 aliphatic carbocycles. The van der Waals surface area contributed by atoms with Gasteiger partial charge in [-0.15, -0.1) is 0 Å². The van der Waals surface area contributed by atoms with Gasteiger partial charge in [0.25, 0.3) is 0 Å². The first kappa shape index (κ1) is 54.4. The van der Waals surface area contributed by atoms with Gasteiger partial charge in [-0.3, -0.25) is 14.4 Å². The van der Waals surface area contributed by atoms with Crippen LogP contribution in [-0.4, -0.2) is 37.2 Å². The molecular weight excluding hydrogens is 697 g/mol. The van der Waals surface area contributed by atoms with Gasteiger partial charge in [-0.2, -0.15) is 0 Å². The highest BCUT2D eigenvalue weighted by Crippen LogP contribution is 2.17. The molecular formula is C50H96O6. The molecule has 6 heteroatoms. The highest BCUT2D eigenvalue weighted by molar-refractivity contribution is 5.71. The molecule has 0 rings (SSSR count). The Balaban J connectivity index is 4.26. The van der Waals surface area contributed by atoms with Gasteiger partial charge in [-0.1, -0.05) is 234 Å². The summed E-state index contributed by atoms with van der Waals surface area (Å²) >= 11 is 0. The van der Waals surface area contributed by atoms with E-state index in [1.807, 2.05) is 0 Å². The lowest BCUT2D eigenvalue weighted by atomic mass is 9.99. The molecule has 0 fully saturated rings. The smallest absolute Gasteiger partial charge is 0.306 e. The Kier molecular flexibility index (Phi) is 41.8. The fraction of sp³-hybridized carbons (Fsp3) is 0.940. The summed E-state index contributed by atoms with van der Waals surface area (Å²) < 4.78 is 16.7. The van der Waals surface area contributed by atoms with Crippen LogP contribution in [-0.2, 0) is 28.6 Å². The van der Waals surface area contributed by atoms with Crippen LogP contribution in [0.1, 0.15) is 272 Å². The van der Waals surface area contributed by atoms with E-state index in [4.69, 9.17) is 14.2 Å². The molecule has 0 amide bonds. The third-order valence-electron chi connectivity index (χ3n) is 11.6. The molecule has 0 saturated heterocycles. The summed E-state index contributed by atoms with van der Waals surface area (Å²) in [5.41, 5.74) is 0. The molecule has 0 spiro atoms. The van der Waals surface area contributed by atoms with Gasteiger partial charge in [0.1, 0.15) is 13.2 Å². The molecule has 0 aromatic rings. The molecule has 0 bridgehead atoms. The summed E-state index contributed by atoms with van der Waals surface area (Å²) in [7, 11) is 0. The Labute approximate surface area is 348 Å². The normalized spacial score (nSPS) is 12.5. The second-order valence-corrected chi connectivity index (χ2v) is 17.8. The lowest BCUT2D eigenvalue weighted by molar-refractivity contribution is -0.167. The van der Waals surface area contributed by atoms with Crippen LogP contribution in [0.25, 0.3) is 0 Å². The van der Waals surface area contributed by atoms with Crippen molar-refractivity contribution in [1.82, 2.24) is 0 Å². The minimum absolute atomic E-state index is 0.0653. The molecule has 56 heavy (non-hydrogen) atoms. The number of rotatable bonds is 44. The van der Waals surface area contributed by atoms with Crippen LogP contribution < -0.4 is 0 Å². The maximum absolute atomic E-state index is 12.7. The minimum atomic E-state index is -0.762. The molecule has 0 aliphatic heterocycles. The van der Waals surface area contributed by atoms with E-state index in [0.717, 1.165) is 69.6 Å². The van der Waals surface area contributed by atoms with Gasteiger partial charge < -0.3 is 14.2 Å². The number of unbranched alkanes of at least 4 members (excludes halogenated alkanes) is 28. The summed E-state index contributed by atoms with van der Waals surface area (Å²) in [6, 6.07) is 0.